The molecule has 0 spiro atoms. The lowest BCUT2D eigenvalue weighted by atomic mass is 10.2. The van der Waals surface area contributed by atoms with Crippen LogP contribution in [0.3, 0.4) is 0 Å². The largest absolute Gasteiger partial charge is 0.379 e. The number of nitrogens with zero attached hydrogens (tertiary/aromatic N) is 2. The third-order valence-electron chi connectivity index (χ3n) is 2.89. The molecule has 4 nitrogen and oxygen atoms in total. The van der Waals surface area contributed by atoms with Gasteiger partial charge in [-0.15, -0.1) is 0 Å². The van der Waals surface area contributed by atoms with Crippen molar-refractivity contribution in [2.24, 2.45) is 5.92 Å². The van der Waals surface area contributed by atoms with Gasteiger partial charge in [-0.3, -0.25) is 4.79 Å². The third kappa shape index (κ3) is 4.14. The van der Waals surface area contributed by atoms with Gasteiger partial charge in [-0.2, -0.15) is 5.10 Å². The van der Waals surface area contributed by atoms with Crippen LogP contribution in [0.4, 0.5) is 10.1 Å². The normalized spacial score (nSPS) is 10.9. The summed E-state index contributed by atoms with van der Waals surface area (Å²) in [7, 11) is 0. The van der Waals surface area contributed by atoms with Crippen molar-refractivity contribution in [3.05, 3.63) is 56.7 Å². The molecule has 0 fully saturated rings. The van der Waals surface area contributed by atoms with E-state index in [1.165, 1.54) is 16.8 Å². The Morgan fingerprint density at radius 1 is 1.43 bits per heavy atom. The van der Waals surface area contributed by atoms with E-state index in [2.05, 4.69) is 26.3 Å². The van der Waals surface area contributed by atoms with Gasteiger partial charge in [-0.25, -0.2) is 9.07 Å². The average Bonchev–Trinajstić information content (AvgIpc) is 2.43. The number of hydrogen-bond acceptors (Lipinski definition) is 3. The van der Waals surface area contributed by atoms with Gasteiger partial charge in [0, 0.05) is 13.1 Å². The number of aromatic nitrogens is 2. The number of hydrogen-bond donors (Lipinski definition) is 1. The van der Waals surface area contributed by atoms with Crippen LogP contribution in [-0.2, 0) is 13.1 Å². The summed E-state index contributed by atoms with van der Waals surface area (Å²) in [5, 5.41) is 7.24. The molecule has 2 rings (SSSR count). The summed E-state index contributed by atoms with van der Waals surface area (Å²) in [6.45, 7) is 5.05. The van der Waals surface area contributed by atoms with Crippen molar-refractivity contribution in [1.82, 2.24) is 9.78 Å². The predicted molar refractivity (Wildman–Crippen MR) is 84.8 cm³/mol. The van der Waals surface area contributed by atoms with Crippen molar-refractivity contribution < 1.29 is 4.39 Å². The Kier molecular flexibility index (Phi) is 5.12. The Hall–Kier alpha value is -1.69. The summed E-state index contributed by atoms with van der Waals surface area (Å²) in [5.41, 5.74) is 1.23. The molecule has 0 aliphatic rings. The van der Waals surface area contributed by atoms with Crippen LogP contribution in [0.5, 0.6) is 0 Å². The van der Waals surface area contributed by atoms with Gasteiger partial charge in [0.15, 0.2) is 0 Å². The molecular formula is C15H17BrFN3O. The molecule has 0 saturated carbocycles. The van der Waals surface area contributed by atoms with Crippen LogP contribution in [0.15, 0.2) is 39.7 Å². The molecule has 0 bridgehead atoms. The molecule has 112 valence electrons. The minimum Gasteiger partial charge on any atom is -0.379 e. The quantitative estimate of drug-likeness (QED) is 0.895. The molecule has 0 unspecified atom stereocenters. The highest BCUT2D eigenvalue weighted by molar-refractivity contribution is 9.10. The fraction of sp³-hybridized carbons (Fsp3) is 0.333. The van der Waals surface area contributed by atoms with Gasteiger partial charge in [-0.05, 0) is 39.5 Å². The Labute approximate surface area is 131 Å². The fourth-order valence-corrected chi connectivity index (χ4v) is 2.36. The van der Waals surface area contributed by atoms with E-state index >= 15 is 0 Å². The zero-order chi connectivity index (χ0) is 15.4. The zero-order valence-electron chi connectivity index (χ0n) is 11.9. The molecule has 0 atom stereocenters. The van der Waals surface area contributed by atoms with Crippen molar-refractivity contribution >= 4 is 21.6 Å². The fourth-order valence-electron chi connectivity index (χ4n) is 1.91. The van der Waals surface area contributed by atoms with Crippen molar-refractivity contribution in [3.8, 4) is 0 Å². The molecule has 0 aliphatic carbocycles. The molecule has 1 heterocycles. The Morgan fingerprint density at radius 2 is 2.19 bits per heavy atom. The minimum atomic E-state index is -0.279. The van der Waals surface area contributed by atoms with Crippen molar-refractivity contribution in [2.45, 2.75) is 26.9 Å². The first-order valence-corrected chi connectivity index (χ1v) is 7.50. The SMILES string of the molecule is CC(C)Cn1ncc(NCc2cccc(F)c2)c(Br)c1=O. The smallest absolute Gasteiger partial charge is 0.283 e. The Morgan fingerprint density at radius 3 is 2.86 bits per heavy atom. The lowest BCUT2D eigenvalue weighted by molar-refractivity contribution is 0.462. The van der Waals surface area contributed by atoms with E-state index in [0.29, 0.717) is 29.2 Å². The monoisotopic (exact) mass is 353 g/mol. The maximum Gasteiger partial charge on any atom is 0.283 e. The highest BCUT2D eigenvalue weighted by atomic mass is 79.9. The van der Waals surface area contributed by atoms with Crippen molar-refractivity contribution in [1.29, 1.82) is 0 Å². The lowest BCUT2D eigenvalue weighted by Gasteiger charge is -2.12. The molecule has 21 heavy (non-hydrogen) atoms. The van der Waals surface area contributed by atoms with E-state index in [0.717, 1.165) is 5.56 Å². The van der Waals surface area contributed by atoms with Crippen LogP contribution in [-0.4, -0.2) is 9.78 Å². The molecule has 0 radical (unpaired) electrons. The summed E-state index contributed by atoms with van der Waals surface area (Å²) in [6.07, 6.45) is 1.60. The summed E-state index contributed by atoms with van der Waals surface area (Å²) < 4.78 is 15.0. The van der Waals surface area contributed by atoms with Gasteiger partial charge in [-0.1, -0.05) is 26.0 Å². The first-order chi connectivity index (χ1) is 9.97. The van der Waals surface area contributed by atoms with E-state index in [1.54, 1.807) is 12.3 Å². The predicted octanol–water partition coefficient (Wildman–Crippen LogP) is 3.41. The molecular weight excluding hydrogens is 337 g/mol. The number of anilines is 1. The van der Waals surface area contributed by atoms with Gasteiger partial charge < -0.3 is 5.32 Å². The number of nitrogens with one attached hydrogen (secondary N) is 1. The Balaban J connectivity index is 2.14. The molecule has 0 saturated heterocycles. The van der Waals surface area contributed by atoms with Crippen LogP contribution < -0.4 is 10.9 Å². The van der Waals surface area contributed by atoms with E-state index in [9.17, 15) is 9.18 Å². The van der Waals surface area contributed by atoms with E-state index in [4.69, 9.17) is 0 Å². The van der Waals surface area contributed by atoms with Gasteiger partial charge >= 0.3 is 0 Å². The third-order valence-corrected chi connectivity index (χ3v) is 3.66. The molecule has 1 N–H and O–H groups in total. The first kappa shape index (κ1) is 15.7. The first-order valence-electron chi connectivity index (χ1n) is 6.71. The second-order valence-corrected chi connectivity index (χ2v) is 6.03. The lowest BCUT2D eigenvalue weighted by Crippen LogP contribution is -2.26. The topological polar surface area (TPSA) is 46.9 Å². The maximum atomic E-state index is 13.1. The summed E-state index contributed by atoms with van der Waals surface area (Å²) in [5.74, 6) is 0.0621. The van der Waals surface area contributed by atoms with Crippen molar-refractivity contribution in [3.63, 3.8) is 0 Å². The van der Waals surface area contributed by atoms with E-state index < -0.39 is 0 Å². The van der Waals surface area contributed by atoms with Crippen LogP contribution in [0.2, 0.25) is 0 Å². The standard InChI is InChI=1S/C15H17BrFN3O/c1-10(2)9-20-15(21)14(16)13(8-19-20)18-7-11-4-3-5-12(17)6-11/h3-6,8,10,18H,7,9H2,1-2H3. The summed E-state index contributed by atoms with van der Waals surface area (Å²) in [4.78, 5) is 12.1. The highest BCUT2D eigenvalue weighted by Gasteiger charge is 2.09. The van der Waals surface area contributed by atoms with Crippen LogP contribution in [0, 0.1) is 11.7 Å². The number of rotatable bonds is 5. The molecule has 6 heteroatoms. The molecule has 1 aromatic carbocycles. The van der Waals surface area contributed by atoms with Crippen molar-refractivity contribution in [2.75, 3.05) is 5.32 Å². The highest BCUT2D eigenvalue weighted by Crippen LogP contribution is 2.17. The van der Waals surface area contributed by atoms with E-state index in [-0.39, 0.29) is 11.4 Å². The number of benzene rings is 1. The molecule has 0 amide bonds. The van der Waals surface area contributed by atoms with E-state index in [1.807, 2.05) is 19.9 Å². The number of halogens is 2. The Bertz CT molecular complexity index is 685. The minimum absolute atomic E-state index is 0.173. The molecule has 1 aromatic heterocycles. The summed E-state index contributed by atoms with van der Waals surface area (Å²) >= 11 is 3.30. The molecule has 0 aliphatic heterocycles. The van der Waals surface area contributed by atoms with Gasteiger partial charge in [0.25, 0.3) is 5.56 Å². The summed E-state index contributed by atoms with van der Waals surface area (Å²) in [6, 6.07) is 6.32. The second kappa shape index (κ2) is 6.85. The van der Waals surface area contributed by atoms with Crippen LogP contribution in [0.1, 0.15) is 19.4 Å². The zero-order valence-corrected chi connectivity index (χ0v) is 13.5. The van der Waals surface area contributed by atoms with Gasteiger partial charge in [0.2, 0.25) is 0 Å². The average molecular weight is 354 g/mol. The van der Waals surface area contributed by atoms with Crippen LogP contribution in [0.25, 0.3) is 0 Å². The van der Waals surface area contributed by atoms with Gasteiger partial charge in [0.1, 0.15) is 10.3 Å². The molecule has 2 aromatic rings. The second-order valence-electron chi connectivity index (χ2n) is 5.24. The van der Waals surface area contributed by atoms with Gasteiger partial charge in [0.05, 0.1) is 11.9 Å². The van der Waals surface area contributed by atoms with Crippen LogP contribution >= 0.6 is 15.9 Å². The maximum absolute atomic E-state index is 13.1.